The van der Waals surface area contributed by atoms with Crippen LogP contribution in [0.3, 0.4) is 0 Å². The SMILES string of the molecule is CC[C@@H](NC(=O)N1CCN(c2ccncc2)CC1)c1cnn(C)c1. The van der Waals surface area contributed by atoms with E-state index < -0.39 is 0 Å². The van der Waals surface area contributed by atoms with E-state index in [0.29, 0.717) is 0 Å². The van der Waals surface area contributed by atoms with E-state index in [0.717, 1.165) is 43.9 Å². The van der Waals surface area contributed by atoms with Gasteiger partial charge in [-0.05, 0) is 18.6 Å². The van der Waals surface area contributed by atoms with E-state index in [1.165, 1.54) is 0 Å². The van der Waals surface area contributed by atoms with Gasteiger partial charge in [-0.15, -0.1) is 0 Å². The monoisotopic (exact) mass is 328 g/mol. The molecule has 2 aromatic rings. The molecule has 1 N–H and O–H groups in total. The Bertz CT molecular complexity index is 663. The molecule has 3 heterocycles. The number of carbonyl (C=O) groups is 1. The molecule has 1 aliphatic rings. The first-order valence-electron chi connectivity index (χ1n) is 8.36. The van der Waals surface area contributed by atoms with Gasteiger partial charge in [0.05, 0.1) is 12.2 Å². The molecule has 0 aromatic carbocycles. The second kappa shape index (κ2) is 7.33. The van der Waals surface area contributed by atoms with Crippen LogP contribution in [0.25, 0.3) is 0 Å². The van der Waals surface area contributed by atoms with Crippen LogP contribution < -0.4 is 10.2 Å². The third kappa shape index (κ3) is 3.67. The molecule has 1 saturated heterocycles. The molecular weight excluding hydrogens is 304 g/mol. The van der Waals surface area contributed by atoms with Crippen LogP contribution in [0.1, 0.15) is 24.9 Å². The van der Waals surface area contributed by atoms with Crippen LogP contribution in [-0.2, 0) is 7.05 Å². The van der Waals surface area contributed by atoms with Crippen molar-refractivity contribution in [2.45, 2.75) is 19.4 Å². The smallest absolute Gasteiger partial charge is 0.318 e. The number of hydrogen-bond acceptors (Lipinski definition) is 4. The molecule has 1 atom stereocenters. The Kier molecular flexibility index (Phi) is 4.98. The largest absolute Gasteiger partial charge is 0.368 e. The number of anilines is 1. The fourth-order valence-electron chi connectivity index (χ4n) is 3.00. The molecule has 1 fully saturated rings. The van der Waals surface area contributed by atoms with E-state index in [1.807, 2.05) is 36.5 Å². The maximum atomic E-state index is 12.5. The second-order valence-corrected chi connectivity index (χ2v) is 6.04. The molecule has 2 amide bonds. The Morgan fingerprint density at radius 1 is 1.25 bits per heavy atom. The molecular formula is C17H24N6O. The zero-order valence-corrected chi connectivity index (χ0v) is 14.2. The summed E-state index contributed by atoms with van der Waals surface area (Å²) in [6, 6.07) is 4.01. The summed E-state index contributed by atoms with van der Waals surface area (Å²) in [6.07, 6.45) is 8.21. The lowest BCUT2D eigenvalue weighted by Gasteiger charge is -2.36. The zero-order chi connectivity index (χ0) is 16.9. The number of aryl methyl sites for hydroxylation is 1. The molecule has 1 aliphatic heterocycles. The molecule has 7 nitrogen and oxygen atoms in total. The minimum atomic E-state index is 0.0000754. The summed E-state index contributed by atoms with van der Waals surface area (Å²) in [5.74, 6) is 0. The van der Waals surface area contributed by atoms with E-state index in [-0.39, 0.29) is 12.1 Å². The van der Waals surface area contributed by atoms with Crippen LogP contribution in [-0.4, -0.2) is 51.9 Å². The van der Waals surface area contributed by atoms with Crippen molar-refractivity contribution in [3.63, 3.8) is 0 Å². The van der Waals surface area contributed by atoms with Crippen LogP contribution >= 0.6 is 0 Å². The van der Waals surface area contributed by atoms with E-state index in [9.17, 15) is 4.79 Å². The Morgan fingerprint density at radius 2 is 1.96 bits per heavy atom. The third-order valence-electron chi connectivity index (χ3n) is 4.43. The summed E-state index contributed by atoms with van der Waals surface area (Å²) in [5.41, 5.74) is 2.20. The van der Waals surface area contributed by atoms with Crippen LogP contribution in [0.5, 0.6) is 0 Å². The predicted octanol–water partition coefficient (Wildman–Crippen LogP) is 1.80. The average molecular weight is 328 g/mol. The molecule has 0 bridgehead atoms. The summed E-state index contributed by atoms with van der Waals surface area (Å²) in [4.78, 5) is 20.8. The fourth-order valence-corrected chi connectivity index (χ4v) is 3.00. The van der Waals surface area contributed by atoms with Crippen molar-refractivity contribution >= 4 is 11.7 Å². The summed E-state index contributed by atoms with van der Waals surface area (Å²) in [6.45, 7) is 5.18. The number of amides is 2. The summed E-state index contributed by atoms with van der Waals surface area (Å²) < 4.78 is 1.76. The first-order valence-corrected chi connectivity index (χ1v) is 8.36. The van der Waals surface area contributed by atoms with Crippen LogP contribution in [0.4, 0.5) is 10.5 Å². The average Bonchev–Trinajstić information content (AvgIpc) is 3.06. The number of nitrogens with zero attached hydrogens (tertiary/aromatic N) is 5. The molecule has 2 aromatic heterocycles. The Balaban J connectivity index is 1.55. The van der Waals surface area contributed by atoms with Crippen molar-refractivity contribution in [1.29, 1.82) is 0 Å². The summed E-state index contributed by atoms with van der Waals surface area (Å²) >= 11 is 0. The Hall–Kier alpha value is -2.57. The number of piperazine rings is 1. The molecule has 0 saturated carbocycles. The molecule has 0 unspecified atom stereocenters. The predicted molar refractivity (Wildman–Crippen MR) is 92.8 cm³/mol. The Labute approximate surface area is 142 Å². The molecule has 24 heavy (non-hydrogen) atoms. The zero-order valence-electron chi connectivity index (χ0n) is 14.2. The van der Waals surface area contributed by atoms with Crippen molar-refractivity contribution in [1.82, 2.24) is 25.0 Å². The van der Waals surface area contributed by atoms with Crippen molar-refractivity contribution < 1.29 is 4.79 Å². The van der Waals surface area contributed by atoms with Crippen molar-refractivity contribution in [2.75, 3.05) is 31.1 Å². The molecule has 7 heteroatoms. The third-order valence-corrected chi connectivity index (χ3v) is 4.43. The highest BCUT2D eigenvalue weighted by Crippen LogP contribution is 2.18. The Morgan fingerprint density at radius 3 is 2.54 bits per heavy atom. The van der Waals surface area contributed by atoms with Gasteiger partial charge in [0.25, 0.3) is 0 Å². The minimum Gasteiger partial charge on any atom is -0.368 e. The molecule has 0 aliphatic carbocycles. The number of urea groups is 1. The van der Waals surface area contributed by atoms with Crippen molar-refractivity contribution in [3.05, 3.63) is 42.5 Å². The van der Waals surface area contributed by atoms with Crippen LogP contribution in [0.2, 0.25) is 0 Å². The van der Waals surface area contributed by atoms with E-state index in [2.05, 4.69) is 27.2 Å². The normalized spacial score (nSPS) is 16.1. The van der Waals surface area contributed by atoms with E-state index >= 15 is 0 Å². The lowest BCUT2D eigenvalue weighted by molar-refractivity contribution is 0.190. The van der Waals surface area contributed by atoms with Gasteiger partial charge in [0.15, 0.2) is 0 Å². The number of rotatable bonds is 4. The van der Waals surface area contributed by atoms with E-state index in [4.69, 9.17) is 0 Å². The maximum absolute atomic E-state index is 12.5. The van der Waals surface area contributed by atoms with Gasteiger partial charge in [-0.2, -0.15) is 5.10 Å². The molecule has 0 spiro atoms. The van der Waals surface area contributed by atoms with Gasteiger partial charge < -0.3 is 15.1 Å². The van der Waals surface area contributed by atoms with Gasteiger partial charge >= 0.3 is 6.03 Å². The second-order valence-electron chi connectivity index (χ2n) is 6.04. The van der Waals surface area contributed by atoms with Gasteiger partial charge in [-0.1, -0.05) is 6.92 Å². The van der Waals surface area contributed by atoms with Gasteiger partial charge in [0.1, 0.15) is 0 Å². The first kappa shape index (κ1) is 16.3. The van der Waals surface area contributed by atoms with Gasteiger partial charge in [-0.25, -0.2) is 4.79 Å². The van der Waals surface area contributed by atoms with E-state index in [1.54, 1.807) is 17.1 Å². The minimum absolute atomic E-state index is 0.0000754. The highest BCUT2D eigenvalue weighted by atomic mass is 16.2. The fraction of sp³-hybridized carbons (Fsp3) is 0.471. The quantitative estimate of drug-likeness (QED) is 0.929. The standard InChI is InChI=1S/C17H24N6O/c1-3-16(14-12-19-21(2)13-14)20-17(24)23-10-8-22(9-11-23)15-4-6-18-7-5-15/h4-7,12-13,16H,3,8-11H2,1-2H3,(H,20,24)/t16-/m1/s1. The van der Waals surface area contributed by atoms with Crippen LogP contribution in [0.15, 0.2) is 36.9 Å². The lowest BCUT2D eigenvalue weighted by Crippen LogP contribution is -2.52. The lowest BCUT2D eigenvalue weighted by atomic mass is 10.1. The van der Waals surface area contributed by atoms with Gasteiger partial charge in [0, 0.05) is 63.1 Å². The van der Waals surface area contributed by atoms with Crippen molar-refractivity contribution in [3.8, 4) is 0 Å². The molecule has 128 valence electrons. The maximum Gasteiger partial charge on any atom is 0.318 e. The highest BCUT2D eigenvalue weighted by molar-refractivity contribution is 5.75. The number of aromatic nitrogens is 3. The molecule has 0 radical (unpaired) electrons. The number of hydrogen-bond donors (Lipinski definition) is 1. The summed E-state index contributed by atoms with van der Waals surface area (Å²) in [5, 5.41) is 7.31. The number of nitrogens with one attached hydrogen (secondary N) is 1. The first-order chi connectivity index (χ1) is 11.7. The number of carbonyl (C=O) groups excluding carboxylic acids is 1. The van der Waals surface area contributed by atoms with Gasteiger partial charge in [-0.3, -0.25) is 9.67 Å². The summed E-state index contributed by atoms with van der Waals surface area (Å²) in [7, 11) is 1.89. The van der Waals surface area contributed by atoms with Crippen molar-refractivity contribution in [2.24, 2.45) is 7.05 Å². The number of pyridine rings is 1. The van der Waals surface area contributed by atoms with Crippen LogP contribution in [0, 0.1) is 0 Å². The topological polar surface area (TPSA) is 66.3 Å². The highest BCUT2D eigenvalue weighted by Gasteiger charge is 2.23. The molecule has 3 rings (SSSR count). The van der Waals surface area contributed by atoms with Gasteiger partial charge in [0.2, 0.25) is 0 Å².